The lowest BCUT2D eigenvalue weighted by Crippen LogP contribution is -2.26. The van der Waals surface area contributed by atoms with Crippen molar-refractivity contribution in [3.63, 3.8) is 0 Å². The van der Waals surface area contributed by atoms with Crippen molar-refractivity contribution in [2.24, 2.45) is 0 Å². The molecule has 152 valence electrons. The first-order valence-corrected chi connectivity index (χ1v) is 9.87. The zero-order chi connectivity index (χ0) is 21.0. The fourth-order valence-electron chi connectivity index (χ4n) is 2.57. The molecular formula is C19H16F2N2O5S. The van der Waals surface area contributed by atoms with Gasteiger partial charge in [0.05, 0.1) is 24.1 Å². The Morgan fingerprint density at radius 1 is 1.17 bits per heavy atom. The molecule has 2 aromatic carbocycles. The lowest BCUT2D eigenvalue weighted by atomic mass is 10.1. The number of methoxy groups -OCH3 is 1. The average molecular weight is 422 g/mol. The molecule has 3 rings (SSSR count). The van der Waals surface area contributed by atoms with Gasteiger partial charge in [-0.05, 0) is 24.3 Å². The van der Waals surface area contributed by atoms with Crippen LogP contribution in [0.4, 0.5) is 8.78 Å². The summed E-state index contributed by atoms with van der Waals surface area (Å²) in [7, 11) is -3.38. The predicted molar refractivity (Wildman–Crippen MR) is 99.3 cm³/mol. The molecule has 0 bridgehead atoms. The molecule has 3 aromatic rings. The van der Waals surface area contributed by atoms with Gasteiger partial charge < -0.3 is 14.6 Å². The molecule has 0 unspecified atom stereocenters. The summed E-state index contributed by atoms with van der Waals surface area (Å²) in [5.41, 5.74) is 0.706. The summed E-state index contributed by atoms with van der Waals surface area (Å²) in [6.45, 7) is -0.0879. The Labute approximate surface area is 165 Å². The summed E-state index contributed by atoms with van der Waals surface area (Å²) in [4.78, 5) is 11.6. The molecule has 1 aromatic heterocycles. The van der Waals surface area contributed by atoms with Crippen LogP contribution in [-0.4, -0.2) is 32.3 Å². The molecule has 0 fully saturated rings. The second-order valence-electron chi connectivity index (χ2n) is 5.90. The van der Waals surface area contributed by atoms with Gasteiger partial charge in [-0.25, -0.2) is 8.42 Å². The van der Waals surface area contributed by atoms with E-state index >= 15 is 0 Å². The second-order valence-corrected chi connectivity index (χ2v) is 7.79. The van der Waals surface area contributed by atoms with Gasteiger partial charge in [-0.15, -0.1) is 0 Å². The summed E-state index contributed by atoms with van der Waals surface area (Å²) in [6, 6.07) is 13.5. The molecule has 1 amide bonds. The number of sulfone groups is 1. The molecule has 0 spiro atoms. The van der Waals surface area contributed by atoms with Gasteiger partial charge in [-0.1, -0.05) is 29.4 Å². The van der Waals surface area contributed by atoms with Crippen LogP contribution in [0.25, 0.3) is 11.3 Å². The SMILES string of the molecule is COc1cccc(-c2cc(CNC(=O)c3ccccc3S(=O)(=O)C(F)F)no2)c1. The Hall–Kier alpha value is -3.27. The normalized spacial score (nSPS) is 11.4. The third kappa shape index (κ3) is 4.43. The third-order valence-electron chi connectivity index (χ3n) is 4.02. The number of amides is 1. The fraction of sp³-hybridized carbons (Fsp3) is 0.158. The van der Waals surface area contributed by atoms with Gasteiger partial charge in [0.1, 0.15) is 11.4 Å². The van der Waals surface area contributed by atoms with Crippen LogP contribution in [0.15, 0.2) is 64.0 Å². The van der Waals surface area contributed by atoms with E-state index in [-0.39, 0.29) is 12.1 Å². The highest BCUT2D eigenvalue weighted by Gasteiger charge is 2.30. The number of halogens is 2. The van der Waals surface area contributed by atoms with E-state index in [0.29, 0.717) is 22.8 Å². The maximum Gasteiger partial charge on any atom is 0.341 e. The number of hydrogen-bond acceptors (Lipinski definition) is 6. The first-order chi connectivity index (χ1) is 13.8. The Balaban J connectivity index is 1.75. The molecule has 10 heteroatoms. The molecule has 0 aliphatic heterocycles. The molecular weight excluding hydrogens is 406 g/mol. The molecule has 1 N–H and O–H groups in total. The Kier molecular flexibility index (Phi) is 5.92. The van der Waals surface area contributed by atoms with Crippen LogP contribution in [0, 0.1) is 0 Å². The molecule has 0 saturated heterocycles. The molecule has 1 heterocycles. The second kappa shape index (κ2) is 8.39. The number of ether oxygens (including phenoxy) is 1. The number of benzene rings is 2. The van der Waals surface area contributed by atoms with Gasteiger partial charge >= 0.3 is 5.76 Å². The minimum atomic E-state index is -4.91. The van der Waals surface area contributed by atoms with E-state index in [4.69, 9.17) is 9.26 Å². The van der Waals surface area contributed by atoms with Crippen molar-refractivity contribution in [1.29, 1.82) is 0 Å². The van der Waals surface area contributed by atoms with Gasteiger partial charge in [0.15, 0.2) is 5.76 Å². The maximum atomic E-state index is 12.9. The zero-order valence-electron chi connectivity index (χ0n) is 15.1. The van der Waals surface area contributed by atoms with E-state index in [9.17, 15) is 22.0 Å². The number of hydrogen-bond donors (Lipinski definition) is 1. The number of nitrogens with zero attached hydrogens (tertiary/aromatic N) is 1. The van der Waals surface area contributed by atoms with Gasteiger partial charge in [-0.2, -0.15) is 8.78 Å². The van der Waals surface area contributed by atoms with Gasteiger partial charge in [0.25, 0.3) is 5.91 Å². The number of carbonyl (C=O) groups excluding carboxylic acids is 1. The zero-order valence-corrected chi connectivity index (χ0v) is 15.9. The smallest absolute Gasteiger partial charge is 0.341 e. The van der Waals surface area contributed by atoms with Crippen molar-refractivity contribution in [2.45, 2.75) is 17.2 Å². The number of aromatic nitrogens is 1. The minimum Gasteiger partial charge on any atom is -0.497 e. The average Bonchev–Trinajstić information content (AvgIpc) is 3.21. The lowest BCUT2D eigenvalue weighted by molar-refractivity contribution is 0.0946. The first-order valence-electron chi connectivity index (χ1n) is 8.32. The van der Waals surface area contributed by atoms with Crippen LogP contribution < -0.4 is 10.1 Å². The Bertz CT molecular complexity index is 1130. The van der Waals surface area contributed by atoms with Gasteiger partial charge in [0, 0.05) is 11.6 Å². The van der Waals surface area contributed by atoms with Crippen molar-refractivity contribution < 1.29 is 31.3 Å². The van der Waals surface area contributed by atoms with E-state index in [1.807, 2.05) is 0 Å². The highest BCUT2D eigenvalue weighted by molar-refractivity contribution is 7.91. The number of alkyl halides is 2. The topological polar surface area (TPSA) is 98.5 Å². The van der Waals surface area contributed by atoms with Crippen molar-refractivity contribution in [1.82, 2.24) is 10.5 Å². The standard InChI is InChI=1S/C19H16F2N2O5S/c1-27-14-6-4-5-12(9-14)16-10-13(23-28-16)11-22-18(24)15-7-2-3-8-17(15)29(25,26)19(20)21/h2-10,19H,11H2,1H3,(H,22,24). The summed E-state index contributed by atoms with van der Waals surface area (Å²) in [5.74, 6) is -3.38. The van der Waals surface area contributed by atoms with Crippen LogP contribution in [0.5, 0.6) is 5.75 Å². The number of carbonyl (C=O) groups is 1. The maximum absolute atomic E-state index is 12.9. The van der Waals surface area contributed by atoms with Gasteiger partial charge in [-0.3, -0.25) is 4.79 Å². The van der Waals surface area contributed by atoms with Gasteiger partial charge in [0.2, 0.25) is 9.84 Å². The molecule has 29 heavy (non-hydrogen) atoms. The van der Waals surface area contributed by atoms with E-state index in [1.165, 1.54) is 19.2 Å². The van der Waals surface area contributed by atoms with Crippen LogP contribution in [0.1, 0.15) is 16.1 Å². The molecule has 7 nitrogen and oxygen atoms in total. The molecule has 0 aliphatic carbocycles. The number of nitrogens with one attached hydrogen (secondary N) is 1. The third-order valence-corrected chi connectivity index (χ3v) is 5.45. The van der Waals surface area contributed by atoms with E-state index in [0.717, 1.165) is 12.1 Å². The van der Waals surface area contributed by atoms with E-state index < -0.39 is 26.4 Å². The summed E-state index contributed by atoms with van der Waals surface area (Å²) < 4.78 is 59.7. The van der Waals surface area contributed by atoms with Crippen LogP contribution in [-0.2, 0) is 16.4 Å². The predicted octanol–water partition coefficient (Wildman–Crippen LogP) is 3.28. The largest absolute Gasteiger partial charge is 0.497 e. The van der Waals surface area contributed by atoms with Crippen LogP contribution in [0.2, 0.25) is 0 Å². The Morgan fingerprint density at radius 2 is 1.93 bits per heavy atom. The molecule has 0 radical (unpaired) electrons. The summed E-state index contributed by atoms with van der Waals surface area (Å²) in [6.07, 6.45) is 0. The molecule has 0 atom stereocenters. The molecule has 0 aliphatic rings. The lowest BCUT2D eigenvalue weighted by Gasteiger charge is -2.09. The first kappa shape index (κ1) is 20.5. The summed E-state index contributed by atoms with van der Waals surface area (Å²) >= 11 is 0. The number of rotatable bonds is 7. The highest BCUT2D eigenvalue weighted by Crippen LogP contribution is 2.25. The molecule has 0 saturated carbocycles. The van der Waals surface area contributed by atoms with Crippen molar-refractivity contribution in [3.05, 3.63) is 65.9 Å². The van der Waals surface area contributed by atoms with E-state index in [2.05, 4.69) is 10.5 Å². The fourth-order valence-corrected chi connectivity index (χ4v) is 3.50. The minimum absolute atomic E-state index is 0.0879. The highest BCUT2D eigenvalue weighted by atomic mass is 32.2. The monoisotopic (exact) mass is 422 g/mol. The Morgan fingerprint density at radius 3 is 2.66 bits per heavy atom. The van der Waals surface area contributed by atoms with Crippen LogP contribution >= 0.6 is 0 Å². The van der Waals surface area contributed by atoms with Crippen molar-refractivity contribution >= 4 is 15.7 Å². The van der Waals surface area contributed by atoms with E-state index in [1.54, 1.807) is 30.3 Å². The van der Waals surface area contributed by atoms with Crippen LogP contribution in [0.3, 0.4) is 0 Å². The quantitative estimate of drug-likeness (QED) is 0.628. The van der Waals surface area contributed by atoms with Crippen molar-refractivity contribution in [3.8, 4) is 17.1 Å². The van der Waals surface area contributed by atoms with Crippen molar-refractivity contribution in [2.75, 3.05) is 7.11 Å². The summed E-state index contributed by atoms with van der Waals surface area (Å²) in [5, 5.41) is 6.30.